The van der Waals surface area contributed by atoms with E-state index < -0.39 is 0 Å². The lowest BCUT2D eigenvalue weighted by Crippen LogP contribution is -2.50. The Morgan fingerprint density at radius 3 is 2.71 bits per heavy atom. The predicted molar refractivity (Wildman–Crippen MR) is 96.3 cm³/mol. The second kappa shape index (κ2) is 7.56. The quantitative estimate of drug-likeness (QED) is 0.902. The first-order valence-electron chi connectivity index (χ1n) is 9.29. The van der Waals surface area contributed by atoms with Crippen LogP contribution in [0.3, 0.4) is 0 Å². The average Bonchev–Trinajstić information content (AvgIpc) is 3.00. The zero-order chi connectivity index (χ0) is 17.1. The number of carbonyl (C=O) groups is 1. The molecule has 1 saturated heterocycles. The van der Waals surface area contributed by atoms with Gasteiger partial charge in [-0.1, -0.05) is 39.0 Å². The van der Waals surface area contributed by atoms with E-state index in [1.54, 1.807) is 0 Å². The van der Waals surface area contributed by atoms with E-state index in [1.807, 2.05) is 24.3 Å². The molecule has 0 bridgehead atoms. The fourth-order valence-electron chi connectivity index (χ4n) is 3.85. The molecule has 1 aromatic rings. The number of amides is 1. The minimum atomic E-state index is -0.171. The molecule has 2 unspecified atom stereocenters. The molecule has 3 rings (SSSR count). The number of benzene rings is 1. The first kappa shape index (κ1) is 17.3. The fraction of sp³-hybridized carbons (Fsp3) is 0.650. The Kier molecular flexibility index (Phi) is 5.44. The fourth-order valence-corrected chi connectivity index (χ4v) is 3.85. The molecule has 24 heavy (non-hydrogen) atoms. The third-order valence-corrected chi connectivity index (χ3v) is 5.56. The van der Waals surface area contributed by atoms with Gasteiger partial charge in [-0.05, 0) is 43.8 Å². The van der Waals surface area contributed by atoms with Crippen LogP contribution in [0.1, 0.15) is 45.1 Å². The van der Waals surface area contributed by atoms with E-state index in [9.17, 15) is 4.79 Å². The average molecular weight is 330 g/mol. The molecule has 2 heterocycles. The first-order chi connectivity index (χ1) is 11.6. The summed E-state index contributed by atoms with van der Waals surface area (Å²) in [5.41, 5.74) is 1.02. The van der Waals surface area contributed by atoms with E-state index in [0.717, 1.165) is 36.9 Å². The van der Waals surface area contributed by atoms with Crippen LogP contribution in [0.4, 0.5) is 0 Å². The van der Waals surface area contributed by atoms with Crippen LogP contribution in [0.5, 0.6) is 5.75 Å². The van der Waals surface area contributed by atoms with Crippen molar-refractivity contribution < 1.29 is 9.53 Å². The molecule has 2 aliphatic rings. The van der Waals surface area contributed by atoms with Crippen molar-refractivity contribution in [1.82, 2.24) is 10.2 Å². The highest BCUT2D eigenvalue weighted by atomic mass is 16.5. The maximum absolute atomic E-state index is 12.7. The molecule has 4 heteroatoms. The van der Waals surface area contributed by atoms with Crippen LogP contribution in [0.15, 0.2) is 24.3 Å². The van der Waals surface area contributed by atoms with Crippen LogP contribution >= 0.6 is 0 Å². The summed E-state index contributed by atoms with van der Waals surface area (Å²) in [6, 6.07) is 8.27. The van der Waals surface area contributed by atoms with Crippen molar-refractivity contribution in [2.45, 2.75) is 45.6 Å². The molecule has 1 aromatic carbocycles. The molecule has 0 aliphatic carbocycles. The molecule has 0 radical (unpaired) electrons. The third kappa shape index (κ3) is 3.75. The molecule has 1 N–H and O–H groups in total. The Morgan fingerprint density at radius 1 is 1.29 bits per heavy atom. The summed E-state index contributed by atoms with van der Waals surface area (Å²) in [4.78, 5) is 15.2. The van der Waals surface area contributed by atoms with E-state index in [2.05, 4.69) is 31.0 Å². The molecule has 132 valence electrons. The van der Waals surface area contributed by atoms with Gasteiger partial charge in [0, 0.05) is 18.2 Å². The van der Waals surface area contributed by atoms with E-state index in [1.165, 1.54) is 12.8 Å². The van der Waals surface area contributed by atoms with Crippen molar-refractivity contribution in [1.29, 1.82) is 0 Å². The summed E-state index contributed by atoms with van der Waals surface area (Å²) in [5.74, 6) is 2.14. The molecule has 0 spiro atoms. The summed E-state index contributed by atoms with van der Waals surface area (Å²) in [6.07, 6.45) is 2.53. The highest BCUT2D eigenvalue weighted by molar-refractivity contribution is 5.85. The summed E-state index contributed by atoms with van der Waals surface area (Å²) in [6.45, 7) is 10.3. The SMILES string of the molecule is CC1CCN(C(CNC(=O)C2COc3ccccc32)C(C)C)CC1. The lowest BCUT2D eigenvalue weighted by atomic mass is 9.94. The molecule has 2 aliphatic heterocycles. The molecule has 2 atom stereocenters. The minimum absolute atomic E-state index is 0.0935. The van der Waals surface area contributed by atoms with Gasteiger partial charge in [-0.2, -0.15) is 0 Å². The molecule has 1 fully saturated rings. The van der Waals surface area contributed by atoms with Crippen molar-refractivity contribution >= 4 is 5.91 Å². The van der Waals surface area contributed by atoms with Crippen molar-refractivity contribution in [2.75, 3.05) is 26.2 Å². The van der Waals surface area contributed by atoms with Gasteiger partial charge in [-0.3, -0.25) is 9.69 Å². The number of hydrogen-bond donors (Lipinski definition) is 1. The molecular weight excluding hydrogens is 300 g/mol. The van der Waals surface area contributed by atoms with Gasteiger partial charge in [-0.15, -0.1) is 0 Å². The second-order valence-electron chi connectivity index (χ2n) is 7.68. The number of nitrogens with one attached hydrogen (secondary N) is 1. The van der Waals surface area contributed by atoms with Crippen LogP contribution in [-0.4, -0.2) is 43.1 Å². The van der Waals surface area contributed by atoms with Crippen LogP contribution < -0.4 is 10.1 Å². The zero-order valence-electron chi connectivity index (χ0n) is 15.1. The highest BCUT2D eigenvalue weighted by Crippen LogP contribution is 2.33. The van der Waals surface area contributed by atoms with Gasteiger partial charge in [0.15, 0.2) is 0 Å². The number of rotatable bonds is 5. The van der Waals surface area contributed by atoms with E-state index in [4.69, 9.17) is 4.74 Å². The van der Waals surface area contributed by atoms with Crippen LogP contribution in [0.25, 0.3) is 0 Å². The van der Waals surface area contributed by atoms with Crippen LogP contribution in [0.2, 0.25) is 0 Å². The Bertz CT molecular complexity index is 565. The van der Waals surface area contributed by atoms with Crippen molar-refractivity contribution in [3.63, 3.8) is 0 Å². The van der Waals surface area contributed by atoms with Gasteiger partial charge >= 0.3 is 0 Å². The standard InChI is InChI=1S/C20H30N2O2/c1-14(2)18(22-10-8-15(3)9-11-22)12-21-20(23)17-13-24-19-7-5-4-6-16(17)19/h4-7,14-15,17-18H,8-13H2,1-3H3,(H,21,23). The molecule has 0 aromatic heterocycles. The molecule has 0 saturated carbocycles. The smallest absolute Gasteiger partial charge is 0.231 e. The second-order valence-corrected chi connectivity index (χ2v) is 7.68. The molecule has 4 nitrogen and oxygen atoms in total. The summed E-state index contributed by atoms with van der Waals surface area (Å²) < 4.78 is 5.64. The normalized spacial score (nSPS) is 22.9. The number of fused-ring (bicyclic) bond motifs is 1. The van der Waals surface area contributed by atoms with Crippen molar-refractivity contribution in [3.8, 4) is 5.75 Å². The Labute approximate surface area is 145 Å². The van der Waals surface area contributed by atoms with Crippen LogP contribution in [0, 0.1) is 11.8 Å². The van der Waals surface area contributed by atoms with E-state index in [0.29, 0.717) is 18.6 Å². The summed E-state index contributed by atoms with van der Waals surface area (Å²) in [5, 5.41) is 3.19. The first-order valence-corrected chi connectivity index (χ1v) is 9.29. The van der Waals surface area contributed by atoms with Gasteiger partial charge in [0.25, 0.3) is 0 Å². The maximum Gasteiger partial charge on any atom is 0.231 e. The number of hydrogen-bond acceptors (Lipinski definition) is 3. The Hall–Kier alpha value is -1.55. The number of nitrogens with zero attached hydrogens (tertiary/aromatic N) is 1. The summed E-state index contributed by atoms with van der Waals surface area (Å²) >= 11 is 0. The number of ether oxygens (including phenoxy) is 1. The monoisotopic (exact) mass is 330 g/mol. The lowest BCUT2D eigenvalue weighted by molar-refractivity contribution is -0.123. The van der Waals surface area contributed by atoms with Gasteiger partial charge in [0.05, 0.1) is 0 Å². The van der Waals surface area contributed by atoms with Gasteiger partial charge in [0.2, 0.25) is 5.91 Å². The zero-order valence-corrected chi connectivity index (χ0v) is 15.1. The third-order valence-electron chi connectivity index (χ3n) is 5.56. The number of para-hydroxylation sites is 1. The largest absolute Gasteiger partial charge is 0.492 e. The number of carbonyl (C=O) groups excluding carboxylic acids is 1. The van der Waals surface area contributed by atoms with Crippen molar-refractivity contribution in [3.05, 3.63) is 29.8 Å². The van der Waals surface area contributed by atoms with Gasteiger partial charge < -0.3 is 10.1 Å². The van der Waals surface area contributed by atoms with E-state index >= 15 is 0 Å². The Balaban J connectivity index is 1.58. The predicted octanol–water partition coefficient (Wildman–Crippen LogP) is 3.04. The van der Waals surface area contributed by atoms with Crippen molar-refractivity contribution in [2.24, 2.45) is 11.8 Å². The molecular formula is C20H30N2O2. The highest BCUT2D eigenvalue weighted by Gasteiger charge is 2.31. The summed E-state index contributed by atoms with van der Waals surface area (Å²) in [7, 11) is 0. The maximum atomic E-state index is 12.7. The van der Waals surface area contributed by atoms with E-state index in [-0.39, 0.29) is 11.8 Å². The van der Waals surface area contributed by atoms with Crippen LogP contribution in [-0.2, 0) is 4.79 Å². The molecule has 1 amide bonds. The minimum Gasteiger partial charge on any atom is -0.492 e. The topological polar surface area (TPSA) is 41.6 Å². The van der Waals surface area contributed by atoms with Gasteiger partial charge in [-0.25, -0.2) is 0 Å². The number of likely N-dealkylation sites (tertiary alicyclic amines) is 1. The van der Waals surface area contributed by atoms with Gasteiger partial charge in [0.1, 0.15) is 18.3 Å². The Morgan fingerprint density at radius 2 is 2.00 bits per heavy atom. The lowest BCUT2D eigenvalue weighted by Gasteiger charge is -2.39. The number of piperidine rings is 1.